The summed E-state index contributed by atoms with van der Waals surface area (Å²) in [6.07, 6.45) is 0.946. The first-order valence-electron chi connectivity index (χ1n) is 9.94. The number of nitrogens with zero attached hydrogens (tertiary/aromatic N) is 3. The molecule has 0 aliphatic carbocycles. The maximum atomic E-state index is 12.3. The minimum absolute atomic E-state index is 0.0149. The maximum absolute atomic E-state index is 12.3. The van der Waals surface area contributed by atoms with E-state index in [-0.39, 0.29) is 30.4 Å². The summed E-state index contributed by atoms with van der Waals surface area (Å²) in [7, 11) is 1.63. The van der Waals surface area contributed by atoms with Crippen LogP contribution in [0.4, 0.5) is 0 Å². The molecule has 154 valence electrons. The van der Waals surface area contributed by atoms with E-state index in [1.165, 1.54) is 0 Å². The van der Waals surface area contributed by atoms with Crippen LogP contribution in [0.25, 0.3) is 0 Å². The quantitative estimate of drug-likeness (QED) is 0.535. The molecule has 30 heavy (non-hydrogen) atoms. The number of likely N-dealkylation sites (tertiary alicyclic amines) is 1. The molecule has 2 aromatic carbocycles. The molecule has 7 heteroatoms. The molecule has 0 spiro atoms. The Bertz CT molecular complexity index is 1030. The zero-order valence-electron chi connectivity index (χ0n) is 16.8. The van der Waals surface area contributed by atoms with E-state index in [1.807, 2.05) is 42.5 Å². The highest BCUT2D eigenvalue weighted by Crippen LogP contribution is 2.27. The van der Waals surface area contributed by atoms with Crippen molar-refractivity contribution in [1.29, 1.82) is 0 Å². The second-order valence-electron chi connectivity index (χ2n) is 7.32. The lowest BCUT2D eigenvalue weighted by molar-refractivity contribution is -0.135. The molecule has 1 saturated heterocycles. The average molecular weight is 405 g/mol. The van der Waals surface area contributed by atoms with Crippen LogP contribution in [0, 0.1) is 0 Å². The van der Waals surface area contributed by atoms with Gasteiger partial charge in [0.25, 0.3) is 0 Å². The third-order valence-electron chi connectivity index (χ3n) is 5.27. The van der Waals surface area contributed by atoms with Gasteiger partial charge in [0, 0.05) is 43.5 Å². The van der Waals surface area contributed by atoms with E-state index in [2.05, 4.69) is 10.1 Å². The third kappa shape index (κ3) is 4.40. The summed E-state index contributed by atoms with van der Waals surface area (Å²) in [6, 6.07) is 16.8. The summed E-state index contributed by atoms with van der Waals surface area (Å²) in [5.41, 5.74) is 1.63. The second kappa shape index (κ2) is 8.90. The zero-order chi connectivity index (χ0) is 20.9. The molecular weight excluding hydrogens is 382 g/mol. The van der Waals surface area contributed by atoms with Crippen LogP contribution in [0.2, 0.25) is 0 Å². The third-order valence-corrected chi connectivity index (χ3v) is 5.27. The highest BCUT2D eigenvalue weighted by Gasteiger charge is 2.35. The number of rotatable bonds is 8. The van der Waals surface area contributed by atoms with E-state index in [4.69, 9.17) is 9.26 Å². The van der Waals surface area contributed by atoms with Gasteiger partial charge in [-0.25, -0.2) is 0 Å². The average Bonchev–Trinajstić information content (AvgIpc) is 3.20. The van der Waals surface area contributed by atoms with E-state index in [9.17, 15) is 9.59 Å². The molecule has 0 unspecified atom stereocenters. The fraction of sp³-hybridized carbons (Fsp3) is 0.304. The molecule has 7 nitrogen and oxygen atoms in total. The molecule has 1 aliphatic rings. The number of aromatic nitrogens is 2. The largest absolute Gasteiger partial charge is 0.496 e. The first kappa shape index (κ1) is 19.8. The molecule has 1 fully saturated rings. The molecule has 1 aromatic heterocycles. The van der Waals surface area contributed by atoms with Crippen LogP contribution in [-0.4, -0.2) is 46.9 Å². The molecule has 0 radical (unpaired) electrons. The first-order valence-corrected chi connectivity index (χ1v) is 9.94. The van der Waals surface area contributed by atoms with Gasteiger partial charge < -0.3 is 14.2 Å². The van der Waals surface area contributed by atoms with Crippen molar-refractivity contribution >= 4 is 11.7 Å². The Labute approximate surface area is 174 Å². The smallest absolute Gasteiger partial charge is 0.233 e. The van der Waals surface area contributed by atoms with E-state index < -0.39 is 0 Å². The topological polar surface area (TPSA) is 85.5 Å². The van der Waals surface area contributed by atoms with E-state index in [0.717, 1.165) is 11.3 Å². The molecule has 3 aromatic rings. The summed E-state index contributed by atoms with van der Waals surface area (Å²) in [6.45, 7) is 1.07. The van der Waals surface area contributed by atoms with Crippen molar-refractivity contribution in [2.24, 2.45) is 0 Å². The van der Waals surface area contributed by atoms with Crippen molar-refractivity contribution in [3.8, 4) is 5.75 Å². The van der Waals surface area contributed by atoms with Crippen LogP contribution in [0.1, 0.15) is 46.4 Å². The summed E-state index contributed by atoms with van der Waals surface area (Å²) < 4.78 is 10.8. The number of hydrogen-bond acceptors (Lipinski definition) is 6. The highest BCUT2D eigenvalue weighted by molar-refractivity contribution is 5.97. The SMILES string of the molecule is COc1ccccc1Cc1noc(C2CN(C(=O)CCC(=O)c3ccccc3)C2)n1. The lowest BCUT2D eigenvalue weighted by Gasteiger charge is -2.37. The minimum Gasteiger partial charge on any atom is -0.496 e. The van der Waals surface area contributed by atoms with Crippen molar-refractivity contribution in [3.05, 3.63) is 77.4 Å². The molecule has 0 N–H and O–H groups in total. The first-order chi connectivity index (χ1) is 14.6. The lowest BCUT2D eigenvalue weighted by Crippen LogP contribution is -2.48. The Morgan fingerprint density at radius 3 is 2.57 bits per heavy atom. The van der Waals surface area contributed by atoms with E-state index >= 15 is 0 Å². The van der Waals surface area contributed by atoms with Gasteiger partial charge in [-0.05, 0) is 6.07 Å². The fourth-order valence-corrected chi connectivity index (χ4v) is 3.51. The van der Waals surface area contributed by atoms with Crippen molar-refractivity contribution < 1.29 is 18.8 Å². The normalized spacial score (nSPS) is 13.7. The Kier molecular flexibility index (Phi) is 5.88. The Balaban J connectivity index is 1.26. The van der Waals surface area contributed by atoms with Crippen LogP contribution < -0.4 is 4.74 Å². The number of carbonyl (C=O) groups is 2. The number of carbonyl (C=O) groups excluding carboxylic acids is 2. The lowest BCUT2D eigenvalue weighted by atomic mass is 9.98. The van der Waals surface area contributed by atoms with E-state index in [1.54, 1.807) is 24.1 Å². The number of hydrogen-bond donors (Lipinski definition) is 0. The number of benzene rings is 2. The predicted octanol–water partition coefficient (Wildman–Crippen LogP) is 3.26. The standard InChI is InChI=1S/C23H23N3O4/c1-29-20-10-6-5-9-17(20)13-21-24-23(30-25-21)18-14-26(15-18)22(28)12-11-19(27)16-7-3-2-4-8-16/h2-10,18H,11-15H2,1H3. The number of Topliss-reactive ketones (excluding diaryl/α,β-unsaturated/α-hetero) is 1. The van der Waals surface area contributed by atoms with Crippen molar-refractivity contribution in [1.82, 2.24) is 15.0 Å². The monoisotopic (exact) mass is 405 g/mol. The van der Waals surface area contributed by atoms with Crippen LogP contribution in [0.3, 0.4) is 0 Å². The summed E-state index contributed by atoms with van der Waals surface area (Å²) in [4.78, 5) is 30.7. The van der Waals surface area contributed by atoms with Gasteiger partial charge in [0.05, 0.1) is 13.0 Å². The number of methoxy groups -OCH3 is 1. The van der Waals surface area contributed by atoms with Crippen LogP contribution >= 0.6 is 0 Å². The molecule has 1 amide bonds. The predicted molar refractivity (Wildman–Crippen MR) is 109 cm³/mol. The summed E-state index contributed by atoms with van der Waals surface area (Å²) >= 11 is 0. The van der Waals surface area contributed by atoms with Crippen LogP contribution in [0.15, 0.2) is 59.1 Å². The second-order valence-corrected chi connectivity index (χ2v) is 7.32. The maximum Gasteiger partial charge on any atom is 0.233 e. The number of para-hydroxylation sites is 1. The zero-order valence-corrected chi connectivity index (χ0v) is 16.8. The van der Waals surface area contributed by atoms with Crippen LogP contribution in [0.5, 0.6) is 5.75 Å². The van der Waals surface area contributed by atoms with Gasteiger partial charge >= 0.3 is 0 Å². The van der Waals surface area contributed by atoms with Gasteiger partial charge in [0.15, 0.2) is 11.6 Å². The summed E-state index contributed by atoms with van der Waals surface area (Å²) in [5, 5.41) is 4.06. The van der Waals surface area contributed by atoms with Gasteiger partial charge in [-0.1, -0.05) is 53.7 Å². The molecule has 1 aliphatic heterocycles. The Hall–Kier alpha value is -3.48. The van der Waals surface area contributed by atoms with Gasteiger partial charge in [-0.15, -0.1) is 0 Å². The molecule has 4 rings (SSSR count). The minimum atomic E-state index is -0.0238. The molecule has 0 atom stereocenters. The van der Waals surface area contributed by atoms with Gasteiger partial charge in [-0.3, -0.25) is 9.59 Å². The van der Waals surface area contributed by atoms with Crippen molar-refractivity contribution in [2.45, 2.75) is 25.2 Å². The highest BCUT2D eigenvalue weighted by atomic mass is 16.5. The molecule has 2 heterocycles. The molecule has 0 bridgehead atoms. The van der Waals surface area contributed by atoms with Gasteiger partial charge in [0.2, 0.25) is 11.8 Å². The molecular formula is C23H23N3O4. The van der Waals surface area contributed by atoms with Crippen molar-refractivity contribution in [2.75, 3.05) is 20.2 Å². The number of ether oxygens (including phenoxy) is 1. The Morgan fingerprint density at radius 1 is 1.07 bits per heavy atom. The van der Waals surface area contributed by atoms with Crippen molar-refractivity contribution in [3.63, 3.8) is 0 Å². The number of amides is 1. The van der Waals surface area contributed by atoms with Gasteiger partial charge in [-0.2, -0.15) is 4.98 Å². The van der Waals surface area contributed by atoms with E-state index in [0.29, 0.717) is 36.8 Å². The van der Waals surface area contributed by atoms with Gasteiger partial charge in [0.1, 0.15) is 5.75 Å². The molecule has 0 saturated carbocycles. The number of ketones is 1. The van der Waals surface area contributed by atoms with Crippen LogP contribution in [-0.2, 0) is 11.2 Å². The fourth-order valence-electron chi connectivity index (χ4n) is 3.51. The Morgan fingerprint density at radius 2 is 1.80 bits per heavy atom. The summed E-state index contributed by atoms with van der Waals surface area (Å²) in [5.74, 6) is 1.92.